The number of carbonyl (C=O) groups is 1. The molecule has 3 rings (SSSR count). The molecule has 0 spiro atoms. The maximum Gasteiger partial charge on any atom is 0.153 e. The average Bonchev–Trinajstić information content (AvgIpc) is 2.82. The Bertz CT molecular complexity index is 746. The van der Waals surface area contributed by atoms with Crippen LogP contribution in [0.4, 0.5) is 0 Å². The van der Waals surface area contributed by atoms with Gasteiger partial charge in [-0.3, -0.25) is 4.79 Å². The highest BCUT2D eigenvalue weighted by Gasteiger charge is 2.13. The molecule has 4 nitrogen and oxygen atoms in total. The normalized spacial score (nSPS) is 10.7. The van der Waals surface area contributed by atoms with Gasteiger partial charge in [-0.2, -0.15) is 0 Å². The van der Waals surface area contributed by atoms with E-state index in [4.69, 9.17) is 0 Å². The monoisotopic (exact) mass is 271 g/mol. The Morgan fingerprint density at radius 2 is 1.89 bits per heavy atom. The average molecular weight is 271 g/mol. The van der Waals surface area contributed by atoms with Crippen LogP contribution in [0.1, 0.15) is 10.4 Å². The fourth-order valence-electron chi connectivity index (χ4n) is 1.85. The molecule has 0 amide bonds. The highest BCUT2D eigenvalue weighted by Crippen LogP contribution is 2.38. The zero-order valence-corrected chi connectivity index (χ0v) is 10.5. The summed E-state index contributed by atoms with van der Waals surface area (Å²) in [4.78, 5) is 15.2. The van der Waals surface area contributed by atoms with Crippen LogP contribution in [0, 0.1) is 0 Å². The van der Waals surface area contributed by atoms with Crippen molar-refractivity contribution < 1.29 is 15.0 Å². The van der Waals surface area contributed by atoms with Crippen LogP contribution >= 0.6 is 11.3 Å². The summed E-state index contributed by atoms with van der Waals surface area (Å²) in [7, 11) is 0. The number of thiazole rings is 1. The summed E-state index contributed by atoms with van der Waals surface area (Å²) < 4.78 is 0.998. The molecule has 0 aliphatic heterocycles. The number of rotatable bonds is 2. The van der Waals surface area contributed by atoms with Crippen molar-refractivity contribution in [1.29, 1.82) is 0 Å². The van der Waals surface area contributed by atoms with E-state index in [1.54, 1.807) is 0 Å². The van der Waals surface area contributed by atoms with Gasteiger partial charge in [0.1, 0.15) is 16.5 Å². The van der Waals surface area contributed by atoms with Gasteiger partial charge in [0.25, 0.3) is 0 Å². The third-order valence-electron chi connectivity index (χ3n) is 2.80. The molecule has 0 aliphatic rings. The van der Waals surface area contributed by atoms with E-state index in [-0.39, 0.29) is 17.1 Å². The first kappa shape index (κ1) is 11.7. The number of phenolic OH excluding ortho intramolecular Hbond substituents is 2. The lowest BCUT2D eigenvalue weighted by Gasteiger charge is -2.03. The predicted molar refractivity (Wildman–Crippen MR) is 73.8 cm³/mol. The Balaban J connectivity index is 2.23. The highest BCUT2D eigenvalue weighted by molar-refractivity contribution is 7.21. The van der Waals surface area contributed by atoms with Gasteiger partial charge in [0, 0.05) is 6.07 Å². The first-order valence-corrected chi connectivity index (χ1v) is 6.38. The Morgan fingerprint density at radius 3 is 2.63 bits per heavy atom. The van der Waals surface area contributed by atoms with E-state index in [0.717, 1.165) is 16.3 Å². The fraction of sp³-hybridized carbons (Fsp3) is 0. The van der Waals surface area contributed by atoms with Crippen molar-refractivity contribution >= 4 is 27.8 Å². The van der Waals surface area contributed by atoms with Crippen LogP contribution in [0.15, 0.2) is 36.4 Å². The van der Waals surface area contributed by atoms with Crippen molar-refractivity contribution in [2.24, 2.45) is 0 Å². The van der Waals surface area contributed by atoms with Crippen molar-refractivity contribution in [2.75, 3.05) is 0 Å². The summed E-state index contributed by atoms with van der Waals surface area (Å²) in [5.74, 6) is -0.334. The molecule has 0 saturated carbocycles. The number of benzene rings is 2. The molecule has 1 aromatic heterocycles. The standard InChI is InChI=1S/C14H9NO3S/c16-7-8-5-9(12(18)6-11(8)17)14-15-10-3-1-2-4-13(10)19-14/h1-7,17-18H. The third-order valence-corrected chi connectivity index (χ3v) is 3.87. The number of carbonyl (C=O) groups excluding carboxylic acids is 1. The van der Waals surface area contributed by atoms with Crippen molar-refractivity contribution in [2.45, 2.75) is 0 Å². The molecule has 2 N–H and O–H groups in total. The second-order valence-electron chi connectivity index (χ2n) is 4.03. The van der Waals surface area contributed by atoms with E-state index in [1.165, 1.54) is 17.4 Å². The van der Waals surface area contributed by atoms with Gasteiger partial charge in [0.15, 0.2) is 6.29 Å². The molecule has 0 fully saturated rings. The number of aldehydes is 1. The summed E-state index contributed by atoms with van der Waals surface area (Å²) in [6.07, 6.45) is 0.547. The zero-order chi connectivity index (χ0) is 13.4. The van der Waals surface area contributed by atoms with Crippen molar-refractivity contribution in [3.05, 3.63) is 42.0 Å². The first-order chi connectivity index (χ1) is 9.19. The quantitative estimate of drug-likeness (QED) is 0.702. The van der Waals surface area contributed by atoms with Gasteiger partial charge in [-0.05, 0) is 18.2 Å². The lowest BCUT2D eigenvalue weighted by molar-refractivity contribution is 0.112. The maximum absolute atomic E-state index is 10.8. The Hall–Kier alpha value is -2.40. The molecule has 0 radical (unpaired) electrons. The third kappa shape index (κ3) is 1.94. The number of fused-ring (bicyclic) bond motifs is 1. The summed E-state index contributed by atoms with van der Waals surface area (Å²) >= 11 is 1.42. The van der Waals surface area contributed by atoms with E-state index in [0.29, 0.717) is 16.9 Å². The molecule has 19 heavy (non-hydrogen) atoms. The topological polar surface area (TPSA) is 70.4 Å². The molecule has 94 valence electrons. The van der Waals surface area contributed by atoms with E-state index >= 15 is 0 Å². The smallest absolute Gasteiger partial charge is 0.153 e. The molecule has 3 aromatic rings. The lowest BCUT2D eigenvalue weighted by atomic mass is 10.1. The SMILES string of the molecule is O=Cc1cc(-c2nc3ccccc3s2)c(O)cc1O. The Labute approximate surface area is 112 Å². The molecular weight excluding hydrogens is 262 g/mol. The zero-order valence-electron chi connectivity index (χ0n) is 9.70. The van der Waals surface area contributed by atoms with Crippen LogP contribution in [0.25, 0.3) is 20.8 Å². The first-order valence-electron chi connectivity index (χ1n) is 5.56. The van der Waals surface area contributed by atoms with Crippen LogP contribution in [-0.2, 0) is 0 Å². The number of para-hydroxylation sites is 1. The second-order valence-corrected chi connectivity index (χ2v) is 5.06. The van der Waals surface area contributed by atoms with E-state index in [9.17, 15) is 15.0 Å². The highest BCUT2D eigenvalue weighted by atomic mass is 32.1. The summed E-state index contributed by atoms with van der Waals surface area (Å²) in [5, 5.41) is 20.0. The maximum atomic E-state index is 10.8. The molecule has 5 heteroatoms. The van der Waals surface area contributed by atoms with Gasteiger partial charge < -0.3 is 10.2 Å². The number of hydrogen-bond acceptors (Lipinski definition) is 5. The van der Waals surface area contributed by atoms with Gasteiger partial charge in [-0.1, -0.05) is 12.1 Å². The minimum absolute atomic E-state index is 0.0952. The Morgan fingerprint density at radius 1 is 1.11 bits per heavy atom. The van der Waals surface area contributed by atoms with Gasteiger partial charge >= 0.3 is 0 Å². The van der Waals surface area contributed by atoms with Crippen LogP contribution in [0.3, 0.4) is 0 Å². The molecule has 1 heterocycles. The Kier molecular flexibility index (Phi) is 2.68. The lowest BCUT2D eigenvalue weighted by Crippen LogP contribution is -1.85. The predicted octanol–water partition coefficient (Wildman–Crippen LogP) is 3.19. The molecule has 0 saturated heterocycles. The minimum atomic E-state index is -0.239. The minimum Gasteiger partial charge on any atom is -0.507 e. The number of aromatic hydroxyl groups is 2. The van der Waals surface area contributed by atoms with E-state index < -0.39 is 0 Å². The van der Waals surface area contributed by atoms with Gasteiger partial charge in [-0.25, -0.2) is 4.98 Å². The van der Waals surface area contributed by atoms with E-state index in [1.807, 2.05) is 24.3 Å². The number of nitrogens with zero attached hydrogens (tertiary/aromatic N) is 1. The molecule has 0 atom stereocenters. The van der Waals surface area contributed by atoms with Crippen molar-refractivity contribution in [3.8, 4) is 22.1 Å². The van der Waals surface area contributed by atoms with Crippen LogP contribution < -0.4 is 0 Å². The number of hydrogen-bond donors (Lipinski definition) is 2. The van der Waals surface area contributed by atoms with Crippen LogP contribution in [0.5, 0.6) is 11.5 Å². The van der Waals surface area contributed by atoms with Gasteiger partial charge in [0.05, 0.1) is 21.3 Å². The molecule has 0 bridgehead atoms. The number of aromatic nitrogens is 1. The summed E-state index contributed by atoms with van der Waals surface area (Å²) in [6.45, 7) is 0. The van der Waals surface area contributed by atoms with Crippen LogP contribution in [-0.4, -0.2) is 21.5 Å². The molecule has 0 aliphatic carbocycles. The van der Waals surface area contributed by atoms with Crippen LogP contribution in [0.2, 0.25) is 0 Å². The molecule has 0 unspecified atom stereocenters. The molecule has 2 aromatic carbocycles. The van der Waals surface area contributed by atoms with E-state index in [2.05, 4.69) is 4.98 Å². The second kappa shape index (κ2) is 4.37. The van der Waals surface area contributed by atoms with Gasteiger partial charge in [-0.15, -0.1) is 11.3 Å². The summed E-state index contributed by atoms with van der Waals surface area (Å²) in [6, 6.07) is 10.2. The molecular formula is C14H9NO3S. The fourth-order valence-corrected chi connectivity index (χ4v) is 2.84. The number of phenols is 2. The largest absolute Gasteiger partial charge is 0.507 e. The van der Waals surface area contributed by atoms with Gasteiger partial charge in [0.2, 0.25) is 0 Å². The summed E-state index contributed by atoms with van der Waals surface area (Å²) in [5.41, 5.74) is 1.41. The van der Waals surface area contributed by atoms with Crippen molar-refractivity contribution in [1.82, 2.24) is 4.98 Å². The van der Waals surface area contributed by atoms with Crippen molar-refractivity contribution in [3.63, 3.8) is 0 Å².